The third-order valence-corrected chi connectivity index (χ3v) is 13.5. The van der Waals surface area contributed by atoms with Gasteiger partial charge in [0.25, 0.3) is 0 Å². The molecule has 0 N–H and O–H groups in total. The quantitative estimate of drug-likeness (QED) is 0.179. The molecule has 57 heavy (non-hydrogen) atoms. The maximum atomic E-state index is 11.7. The molecule has 0 spiro atoms. The van der Waals surface area contributed by atoms with Crippen LogP contribution < -0.4 is 0 Å². The normalized spacial score (nSPS) is 11.5. The Kier molecular flexibility index (Phi) is 7.36. The highest BCUT2D eigenvalue weighted by Crippen LogP contribution is 2.52. The molecule has 0 radical (unpaired) electrons. The van der Waals surface area contributed by atoms with Gasteiger partial charge in [-0.1, -0.05) is 133 Å². The van der Waals surface area contributed by atoms with Gasteiger partial charge in [-0.15, -0.1) is 22.7 Å². The lowest BCUT2D eigenvalue weighted by Crippen LogP contribution is -2.08. The maximum Gasteiger partial charge on any atom is 0.102 e. The molecule has 0 saturated heterocycles. The fraction of sp³-hybridized carbons (Fsp3) is 0. The molecule has 0 fully saturated rings. The Morgan fingerprint density at radius 1 is 0.386 bits per heavy atom. The first-order valence-electron chi connectivity index (χ1n) is 18.5. The fourth-order valence-electron chi connectivity index (χ4n) is 8.76. The Bertz CT molecular complexity index is 3480. The van der Waals surface area contributed by atoms with Crippen LogP contribution in [0.4, 0.5) is 0 Å². The third kappa shape index (κ3) is 4.75. The van der Waals surface area contributed by atoms with Crippen LogP contribution in [-0.2, 0) is 0 Å². The molecule has 0 aliphatic heterocycles. The van der Waals surface area contributed by atoms with Crippen LogP contribution in [0.1, 0.15) is 16.7 Å². The van der Waals surface area contributed by atoms with Gasteiger partial charge in [-0.25, -0.2) is 0 Å². The summed E-state index contributed by atoms with van der Waals surface area (Å²) in [6, 6.07) is 61.0. The summed E-state index contributed by atoms with van der Waals surface area (Å²) in [6.07, 6.45) is 0. The smallest absolute Gasteiger partial charge is 0.102 e. The standard InChI is InChI=1S/C51H26N4S2/c52-27-30-12-11-17-33(26-30)45-40(28-53)44(31-13-3-1-4-14-31)41(29-54)47(46(45)32-15-5-2-6-16-32)55-48-36(22-24-38-34-18-7-9-20-42(34)56-50(38)48)37-23-25-39-35-19-8-10-21-43(35)57-51(39)49(37)55/h1-26H. The molecule has 11 rings (SSSR count). The van der Waals surface area contributed by atoms with E-state index in [9.17, 15) is 15.8 Å². The molecule has 0 aliphatic rings. The minimum atomic E-state index is 0.384. The summed E-state index contributed by atoms with van der Waals surface area (Å²) < 4.78 is 6.98. The van der Waals surface area contributed by atoms with Crippen molar-refractivity contribution in [2.24, 2.45) is 0 Å². The number of hydrogen-bond donors (Lipinski definition) is 0. The van der Waals surface area contributed by atoms with Crippen molar-refractivity contribution in [1.29, 1.82) is 15.8 Å². The lowest BCUT2D eigenvalue weighted by atomic mass is 9.81. The summed E-state index contributed by atoms with van der Waals surface area (Å²) in [6.45, 7) is 0. The van der Waals surface area contributed by atoms with Gasteiger partial charge in [0.15, 0.2) is 0 Å². The molecule has 0 amide bonds. The largest absolute Gasteiger partial charge is 0.304 e. The van der Waals surface area contributed by atoms with Gasteiger partial charge < -0.3 is 4.57 Å². The first-order chi connectivity index (χ1) is 28.2. The highest BCUT2D eigenvalue weighted by molar-refractivity contribution is 7.27. The average molecular weight is 759 g/mol. The zero-order valence-electron chi connectivity index (χ0n) is 30.1. The lowest BCUT2D eigenvalue weighted by molar-refractivity contribution is 1.18. The molecule has 0 unspecified atom stereocenters. The monoisotopic (exact) mass is 758 g/mol. The van der Waals surface area contributed by atoms with Crippen molar-refractivity contribution in [2.45, 2.75) is 0 Å². The summed E-state index contributed by atoms with van der Waals surface area (Å²) in [4.78, 5) is 0. The second-order valence-corrected chi connectivity index (χ2v) is 16.2. The van der Waals surface area contributed by atoms with Crippen molar-refractivity contribution in [1.82, 2.24) is 4.57 Å². The van der Waals surface area contributed by atoms with E-state index in [1.165, 1.54) is 20.2 Å². The number of rotatable bonds is 4. The van der Waals surface area contributed by atoms with Gasteiger partial charge in [-0.3, -0.25) is 0 Å². The molecule has 0 atom stereocenters. The van der Waals surface area contributed by atoms with E-state index in [0.29, 0.717) is 33.5 Å². The number of nitriles is 3. The Balaban J connectivity index is 1.48. The molecule has 0 aliphatic carbocycles. The molecule has 8 aromatic carbocycles. The summed E-state index contributed by atoms with van der Waals surface area (Å²) in [5.74, 6) is 0. The molecule has 0 saturated carbocycles. The van der Waals surface area contributed by atoms with Crippen LogP contribution in [0.2, 0.25) is 0 Å². The van der Waals surface area contributed by atoms with Crippen LogP contribution in [0.25, 0.3) is 101 Å². The van der Waals surface area contributed by atoms with E-state index in [4.69, 9.17) is 0 Å². The number of nitrogens with zero attached hydrogens (tertiary/aromatic N) is 4. The minimum absolute atomic E-state index is 0.384. The summed E-state index contributed by atoms with van der Waals surface area (Å²) >= 11 is 3.53. The van der Waals surface area contributed by atoms with Crippen molar-refractivity contribution in [2.75, 3.05) is 0 Å². The van der Waals surface area contributed by atoms with Gasteiger partial charge in [0.2, 0.25) is 0 Å². The van der Waals surface area contributed by atoms with Crippen molar-refractivity contribution in [3.8, 4) is 57.3 Å². The van der Waals surface area contributed by atoms with Crippen molar-refractivity contribution in [3.63, 3.8) is 0 Å². The van der Waals surface area contributed by atoms with Crippen molar-refractivity contribution < 1.29 is 0 Å². The van der Waals surface area contributed by atoms with E-state index in [1.807, 2.05) is 66.7 Å². The van der Waals surface area contributed by atoms with Crippen LogP contribution in [0.15, 0.2) is 158 Å². The number of aromatic nitrogens is 1. The van der Waals surface area contributed by atoms with E-state index in [2.05, 4.69) is 108 Å². The van der Waals surface area contributed by atoms with Gasteiger partial charge in [0.05, 0.1) is 48.9 Å². The molecule has 262 valence electrons. The van der Waals surface area contributed by atoms with Crippen molar-refractivity contribution >= 4 is 84.8 Å². The molecule has 3 heterocycles. The Labute approximate surface area is 335 Å². The predicted octanol–water partition coefficient (Wildman–Crippen LogP) is 14.1. The van der Waals surface area contributed by atoms with Gasteiger partial charge in [0.1, 0.15) is 12.1 Å². The summed E-state index contributed by atoms with van der Waals surface area (Å²) in [5, 5.41) is 40.0. The van der Waals surface area contributed by atoms with E-state index in [0.717, 1.165) is 64.2 Å². The van der Waals surface area contributed by atoms with Crippen molar-refractivity contribution in [3.05, 3.63) is 174 Å². The number of thiophene rings is 2. The van der Waals surface area contributed by atoms with E-state index < -0.39 is 0 Å². The lowest BCUT2D eigenvalue weighted by Gasteiger charge is -2.24. The molecule has 0 bridgehead atoms. The second-order valence-electron chi connectivity index (χ2n) is 14.1. The molecule has 3 aromatic heterocycles. The zero-order chi connectivity index (χ0) is 38.2. The Morgan fingerprint density at radius 3 is 1.42 bits per heavy atom. The average Bonchev–Trinajstić information content (AvgIpc) is 3.95. The Morgan fingerprint density at radius 2 is 0.877 bits per heavy atom. The molecule has 6 heteroatoms. The predicted molar refractivity (Wildman–Crippen MR) is 237 cm³/mol. The van der Waals surface area contributed by atoms with Crippen LogP contribution in [-0.4, -0.2) is 4.57 Å². The van der Waals surface area contributed by atoms with Gasteiger partial charge in [0, 0.05) is 58.4 Å². The number of benzene rings is 8. The van der Waals surface area contributed by atoms with E-state index in [1.54, 1.807) is 28.7 Å². The highest BCUT2D eigenvalue weighted by Gasteiger charge is 2.31. The van der Waals surface area contributed by atoms with E-state index in [-0.39, 0.29) is 0 Å². The van der Waals surface area contributed by atoms with Crippen LogP contribution in [0, 0.1) is 34.0 Å². The van der Waals surface area contributed by atoms with Crippen LogP contribution in [0.5, 0.6) is 0 Å². The SMILES string of the molecule is N#Cc1cccc(-c2c(C#N)c(-c3ccccc3)c(C#N)c(-n3c4c(ccc5c6ccccc6sc54)c4ccc5c6ccccc6sc5c43)c2-c2ccccc2)c1. The first-order valence-corrected chi connectivity index (χ1v) is 20.2. The molecular weight excluding hydrogens is 733 g/mol. The van der Waals surface area contributed by atoms with Crippen LogP contribution >= 0.6 is 22.7 Å². The molecule has 11 aromatic rings. The highest BCUT2D eigenvalue weighted by atomic mass is 32.1. The fourth-order valence-corrected chi connectivity index (χ4v) is 11.2. The van der Waals surface area contributed by atoms with E-state index >= 15 is 0 Å². The van der Waals surface area contributed by atoms with Gasteiger partial charge in [-0.05, 0) is 41.0 Å². The van der Waals surface area contributed by atoms with Gasteiger partial charge >= 0.3 is 0 Å². The third-order valence-electron chi connectivity index (χ3n) is 11.1. The second kappa shape index (κ2) is 12.8. The topological polar surface area (TPSA) is 76.3 Å². The minimum Gasteiger partial charge on any atom is -0.304 e. The zero-order valence-corrected chi connectivity index (χ0v) is 31.7. The molecule has 4 nitrogen and oxygen atoms in total. The first kappa shape index (κ1) is 32.9. The summed E-state index contributed by atoms with van der Waals surface area (Å²) in [5.41, 5.74) is 8.37. The van der Waals surface area contributed by atoms with Crippen LogP contribution in [0.3, 0.4) is 0 Å². The Hall–Kier alpha value is -7.53. The maximum absolute atomic E-state index is 11.7. The van der Waals surface area contributed by atoms with Gasteiger partial charge in [-0.2, -0.15) is 15.8 Å². The summed E-state index contributed by atoms with van der Waals surface area (Å²) in [7, 11) is 0. The molecular formula is C51H26N4S2. The number of hydrogen-bond acceptors (Lipinski definition) is 5. The number of fused-ring (bicyclic) bond motifs is 11.